The van der Waals surface area contributed by atoms with Crippen LogP contribution in [-0.4, -0.2) is 23.0 Å². The number of halogens is 2. The number of carbonyl (C=O) groups is 1. The highest BCUT2D eigenvalue weighted by molar-refractivity contribution is 6.36. The zero-order valence-corrected chi connectivity index (χ0v) is 13.4. The van der Waals surface area contributed by atoms with E-state index in [0.29, 0.717) is 11.3 Å². The van der Waals surface area contributed by atoms with Crippen molar-refractivity contribution in [2.45, 2.75) is 6.42 Å². The number of aromatic nitrogens is 1. The number of rotatable bonds is 5. The molecule has 0 bridgehead atoms. The molecule has 0 atom stereocenters. The lowest BCUT2D eigenvalue weighted by Crippen LogP contribution is -2.06. The SMILES string of the molecule is COC(=O)Cc1c(Cl)cc(Nc2ncccc2[N+](=O)[O-])cc1Cl. The lowest BCUT2D eigenvalue weighted by Gasteiger charge is -2.11. The second kappa shape index (κ2) is 7.26. The summed E-state index contributed by atoms with van der Waals surface area (Å²) in [5.41, 5.74) is 0.648. The van der Waals surface area contributed by atoms with Crippen LogP contribution in [0, 0.1) is 10.1 Å². The zero-order chi connectivity index (χ0) is 17.0. The van der Waals surface area contributed by atoms with Gasteiger partial charge >= 0.3 is 11.7 Å². The molecule has 0 aliphatic carbocycles. The molecule has 0 fully saturated rings. The first-order valence-electron chi connectivity index (χ1n) is 6.33. The molecule has 0 amide bonds. The third kappa shape index (κ3) is 4.08. The number of hydrogen-bond acceptors (Lipinski definition) is 6. The van der Waals surface area contributed by atoms with Gasteiger partial charge in [0.1, 0.15) is 0 Å². The molecule has 2 rings (SSSR count). The standard InChI is InChI=1S/C14H11Cl2N3O4/c1-23-13(20)7-9-10(15)5-8(6-11(9)16)18-14-12(19(21)22)3-2-4-17-14/h2-6H,7H2,1H3,(H,17,18). The van der Waals surface area contributed by atoms with E-state index < -0.39 is 10.9 Å². The van der Waals surface area contributed by atoms with E-state index in [0.717, 1.165) is 0 Å². The number of carbonyl (C=O) groups excluding carboxylic acids is 1. The first kappa shape index (κ1) is 17.0. The molecule has 1 N–H and O–H groups in total. The van der Waals surface area contributed by atoms with Crippen molar-refractivity contribution in [1.82, 2.24) is 4.98 Å². The van der Waals surface area contributed by atoms with Gasteiger partial charge in [0.15, 0.2) is 0 Å². The normalized spacial score (nSPS) is 10.2. The second-order valence-electron chi connectivity index (χ2n) is 4.42. The Kier molecular flexibility index (Phi) is 5.36. The maximum Gasteiger partial charge on any atom is 0.311 e. The molecule has 1 aromatic carbocycles. The summed E-state index contributed by atoms with van der Waals surface area (Å²) >= 11 is 12.2. The number of nitrogens with one attached hydrogen (secondary N) is 1. The highest BCUT2D eigenvalue weighted by Crippen LogP contribution is 2.32. The monoisotopic (exact) mass is 355 g/mol. The van der Waals surface area contributed by atoms with Crippen molar-refractivity contribution < 1.29 is 14.5 Å². The van der Waals surface area contributed by atoms with Crippen molar-refractivity contribution >= 4 is 46.4 Å². The van der Waals surface area contributed by atoms with Gasteiger partial charge in [0.25, 0.3) is 0 Å². The average Bonchev–Trinajstić information content (AvgIpc) is 2.51. The number of methoxy groups -OCH3 is 1. The molecule has 0 unspecified atom stereocenters. The van der Waals surface area contributed by atoms with E-state index in [1.165, 1.54) is 37.6 Å². The average molecular weight is 356 g/mol. The number of nitro groups is 1. The fourth-order valence-electron chi connectivity index (χ4n) is 1.84. The smallest absolute Gasteiger partial charge is 0.311 e. The molecule has 23 heavy (non-hydrogen) atoms. The molecule has 9 heteroatoms. The van der Waals surface area contributed by atoms with E-state index in [4.69, 9.17) is 23.2 Å². The predicted molar refractivity (Wildman–Crippen MR) is 86.4 cm³/mol. The third-order valence-electron chi connectivity index (χ3n) is 2.94. The Labute approximate surface area is 141 Å². The van der Waals surface area contributed by atoms with Gasteiger partial charge in [0.2, 0.25) is 5.82 Å². The Morgan fingerprint density at radius 3 is 2.61 bits per heavy atom. The molecule has 0 aliphatic heterocycles. The molecule has 0 saturated heterocycles. The van der Waals surface area contributed by atoms with Crippen LogP contribution in [0.25, 0.3) is 0 Å². The summed E-state index contributed by atoms with van der Waals surface area (Å²) < 4.78 is 4.58. The molecule has 0 spiro atoms. The molecular weight excluding hydrogens is 345 g/mol. The van der Waals surface area contributed by atoms with E-state index in [1.807, 2.05) is 0 Å². The summed E-state index contributed by atoms with van der Waals surface area (Å²) in [4.78, 5) is 25.7. The number of pyridine rings is 1. The van der Waals surface area contributed by atoms with Crippen molar-refractivity contribution in [3.63, 3.8) is 0 Å². The van der Waals surface area contributed by atoms with Crippen LogP contribution in [0.5, 0.6) is 0 Å². The molecule has 0 aliphatic rings. The van der Waals surface area contributed by atoms with Gasteiger partial charge in [0.05, 0.1) is 18.5 Å². The van der Waals surface area contributed by atoms with Crippen LogP contribution in [-0.2, 0) is 16.0 Å². The quantitative estimate of drug-likeness (QED) is 0.498. The minimum absolute atomic E-state index is 0.0605. The molecule has 1 heterocycles. The van der Waals surface area contributed by atoms with Crippen LogP contribution in [0.4, 0.5) is 17.2 Å². The van der Waals surface area contributed by atoms with Crippen molar-refractivity contribution in [3.05, 3.63) is 56.2 Å². The van der Waals surface area contributed by atoms with Crippen LogP contribution in [0.2, 0.25) is 10.0 Å². The highest BCUT2D eigenvalue weighted by Gasteiger charge is 2.17. The topological polar surface area (TPSA) is 94.4 Å². The minimum atomic E-state index is -0.551. The predicted octanol–water partition coefficient (Wildman–Crippen LogP) is 3.76. The summed E-state index contributed by atoms with van der Waals surface area (Å²) in [5.74, 6) is -0.416. The summed E-state index contributed by atoms with van der Waals surface area (Å²) in [6, 6.07) is 5.79. The van der Waals surface area contributed by atoms with Gasteiger partial charge in [0, 0.05) is 33.6 Å². The van der Waals surface area contributed by atoms with Gasteiger partial charge in [-0.15, -0.1) is 0 Å². The number of hydrogen-bond donors (Lipinski definition) is 1. The fourth-order valence-corrected chi connectivity index (χ4v) is 2.46. The lowest BCUT2D eigenvalue weighted by molar-refractivity contribution is -0.384. The van der Waals surface area contributed by atoms with Crippen LogP contribution < -0.4 is 5.32 Å². The first-order valence-corrected chi connectivity index (χ1v) is 7.09. The molecule has 2 aromatic rings. The van der Waals surface area contributed by atoms with Crippen molar-refractivity contribution in [2.75, 3.05) is 12.4 Å². The van der Waals surface area contributed by atoms with E-state index in [1.54, 1.807) is 0 Å². The molecule has 120 valence electrons. The van der Waals surface area contributed by atoms with Gasteiger partial charge in [-0.2, -0.15) is 0 Å². The maximum absolute atomic E-state index is 11.3. The fraction of sp³-hybridized carbons (Fsp3) is 0.143. The Morgan fingerprint density at radius 2 is 2.04 bits per heavy atom. The Balaban J connectivity index is 2.32. The van der Waals surface area contributed by atoms with Crippen molar-refractivity contribution in [1.29, 1.82) is 0 Å². The van der Waals surface area contributed by atoms with E-state index in [9.17, 15) is 14.9 Å². The summed E-state index contributed by atoms with van der Waals surface area (Å²) in [6.07, 6.45) is 1.35. The number of benzene rings is 1. The molecule has 7 nitrogen and oxygen atoms in total. The lowest BCUT2D eigenvalue weighted by atomic mass is 10.1. The van der Waals surface area contributed by atoms with Crippen molar-refractivity contribution in [2.24, 2.45) is 0 Å². The number of nitrogens with zero attached hydrogens (tertiary/aromatic N) is 2. The van der Waals surface area contributed by atoms with Gasteiger partial charge in [-0.1, -0.05) is 23.2 Å². The first-order chi connectivity index (χ1) is 10.9. The van der Waals surface area contributed by atoms with Crippen LogP contribution >= 0.6 is 23.2 Å². The van der Waals surface area contributed by atoms with Gasteiger partial charge < -0.3 is 10.1 Å². The van der Waals surface area contributed by atoms with E-state index in [-0.39, 0.29) is 28.0 Å². The Bertz CT molecular complexity index is 744. The highest BCUT2D eigenvalue weighted by atomic mass is 35.5. The van der Waals surface area contributed by atoms with Crippen LogP contribution in [0.1, 0.15) is 5.56 Å². The van der Waals surface area contributed by atoms with Gasteiger partial charge in [-0.25, -0.2) is 4.98 Å². The second-order valence-corrected chi connectivity index (χ2v) is 5.24. The van der Waals surface area contributed by atoms with E-state index in [2.05, 4.69) is 15.0 Å². The molecule has 1 aromatic heterocycles. The zero-order valence-electron chi connectivity index (χ0n) is 11.9. The molecule has 0 saturated carbocycles. The van der Waals surface area contributed by atoms with Crippen LogP contribution in [0.15, 0.2) is 30.5 Å². The molecule has 0 radical (unpaired) electrons. The molecular formula is C14H11Cl2N3O4. The summed E-state index contributed by atoms with van der Waals surface area (Å²) in [5, 5.41) is 14.2. The van der Waals surface area contributed by atoms with Gasteiger partial charge in [-0.3, -0.25) is 14.9 Å². The number of anilines is 2. The van der Waals surface area contributed by atoms with E-state index >= 15 is 0 Å². The van der Waals surface area contributed by atoms with Crippen molar-refractivity contribution in [3.8, 4) is 0 Å². The maximum atomic E-state index is 11.3. The number of esters is 1. The summed E-state index contributed by atoms with van der Waals surface area (Å²) in [7, 11) is 1.26. The largest absolute Gasteiger partial charge is 0.469 e. The third-order valence-corrected chi connectivity index (χ3v) is 3.61. The van der Waals surface area contributed by atoms with Crippen LogP contribution in [0.3, 0.4) is 0 Å². The Morgan fingerprint density at radius 1 is 1.39 bits per heavy atom. The van der Waals surface area contributed by atoms with Gasteiger partial charge in [-0.05, 0) is 18.2 Å². The minimum Gasteiger partial charge on any atom is -0.469 e. The Hall–Kier alpha value is -2.38. The summed E-state index contributed by atoms with van der Waals surface area (Å²) in [6.45, 7) is 0. The number of ether oxygens (including phenoxy) is 1.